The fraction of sp³-hybridized carbons (Fsp3) is 0.818. The number of hydrogen-bond acceptors (Lipinski definition) is 4. The third-order valence-corrected chi connectivity index (χ3v) is 4.40. The molecule has 1 spiro atoms. The van der Waals surface area contributed by atoms with E-state index in [4.69, 9.17) is 9.47 Å². The molecule has 1 saturated carbocycles. The molecule has 16 heavy (non-hydrogen) atoms. The van der Waals surface area contributed by atoms with Crippen LogP contribution in [0.3, 0.4) is 0 Å². The van der Waals surface area contributed by atoms with Crippen molar-refractivity contribution < 1.29 is 19.1 Å². The summed E-state index contributed by atoms with van der Waals surface area (Å²) in [5, 5.41) is 0. The van der Waals surface area contributed by atoms with Gasteiger partial charge in [0, 0.05) is 14.0 Å². The van der Waals surface area contributed by atoms with Crippen LogP contribution in [0.25, 0.3) is 0 Å². The highest BCUT2D eigenvalue weighted by atomic mass is 16.8. The van der Waals surface area contributed by atoms with Gasteiger partial charge in [0.15, 0.2) is 0 Å². The van der Waals surface area contributed by atoms with Crippen molar-refractivity contribution in [1.29, 1.82) is 0 Å². The Kier molecular flexibility index (Phi) is 1.68. The molecular formula is C11H15NO4. The smallest absolute Gasteiger partial charge is 0.413 e. The normalized spacial score (nSPS) is 46.1. The van der Waals surface area contributed by atoms with Gasteiger partial charge in [-0.15, -0.1) is 0 Å². The van der Waals surface area contributed by atoms with Crippen molar-refractivity contribution in [2.24, 2.45) is 5.92 Å². The largest absolute Gasteiger partial charge is 0.420 e. The van der Waals surface area contributed by atoms with Crippen molar-refractivity contribution in [3.8, 4) is 0 Å². The number of hydrogen-bond donors (Lipinski definition) is 0. The monoisotopic (exact) mass is 225 g/mol. The van der Waals surface area contributed by atoms with Crippen LogP contribution in [0.4, 0.5) is 4.79 Å². The van der Waals surface area contributed by atoms with Gasteiger partial charge in [-0.2, -0.15) is 0 Å². The maximum Gasteiger partial charge on any atom is 0.413 e. The molecule has 0 radical (unpaired) electrons. The van der Waals surface area contributed by atoms with Crippen molar-refractivity contribution in [2.45, 2.75) is 43.9 Å². The molecule has 0 unspecified atom stereocenters. The lowest BCUT2D eigenvalue weighted by Crippen LogP contribution is -2.58. The summed E-state index contributed by atoms with van der Waals surface area (Å²) in [6.45, 7) is 1.71. The van der Waals surface area contributed by atoms with Gasteiger partial charge >= 0.3 is 12.1 Å². The summed E-state index contributed by atoms with van der Waals surface area (Å²) in [5.41, 5.74) is -0.570. The number of carbonyl (C=O) groups is 2. The van der Waals surface area contributed by atoms with Crippen LogP contribution in [-0.2, 0) is 14.3 Å². The first-order valence-corrected chi connectivity index (χ1v) is 5.71. The van der Waals surface area contributed by atoms with Gasteiger partial charge in [0.25, 0.3) is 5.79 Å². The number of likely N-dealkylation sites (N-methyl/N-ethyl adjacent to an activating group) is 1. The van der Waals surface area contributed by atoms with E-state index >= 15 is 0 Å². The molecule has 1 amide bonds. The van der Waals surface area contributed by atoms with Crippen LogP contribution < -0.4 is 0 Å². The van der Waals surface area contributed by atoms with Crippen LogP contribution in [0.5, 0.6) is 0 Å². The Morgan fingerprint density at radius 1 is 1.31 bits per heavy atom. The summed E-state index contributed by atoms with van der Waals surface area (Å²) in [7, 11) is 1.70. The highest BCUT2D eigenvalue weighted by Gasteiger charge is 2.74. The summed E-state index contributed by atoms with van der Waals surface area (Å²) in [6, 6.07) is 0. The van der Waals surface area contributed by atoms with E-state index in [1.54, 1.807) is 18.9 Å². The minimum absolute atomic E-state index is 0.220. The van der Waals surface area contributed by atoms with Gasteiger partial charge in [0.2, 0.25) is 0 Å². The molecule has 3 rings (SSSR count). The fourth-order valence-corrected chi connectivity index (χ4v) is 3.58. The van der Waals surface area contributed by atoms with E-state index in [0.29, 0.717) is 0 Å². The molecule has 0 N–H and O–H groups in total. The minimum Gasteiger partial charge on any atom is -0.420 e. The highest BCUT2D eigenvalue weighted by Crippen LogP contribution is 2.56. The molecule has 2 aliphatic heterocycles. The van der Waals surface area contributed by atoms with Gasteiger partial charge in [-0.1, -0.05) is 12.8 Å². The van der Waals surface area contributed by atoms with Crippen molar-refractivity contribution in [3.63, 3.8) is 0 Å². The zero-order valence-electron chi connectivity index (χ0n) is 9.49. The Balaban J connectivity index is 2.14. The second-order valence-corrected chi connectivity index (χ2v) is 5.02. The highest BCUT2D eigenvalue weighted by molar-refractivity contribution is 5.83. The average molecular weight is 225 g/mol. The Labute approximate surface area is 93.7 Å². The van der Waals surface area contributed by atoms with Crippen molar-refractivity contribution in [1.82, 2.24) is 4.90 Å². The quantitative estimate of drug-likeness (QED) is 0.582. The van der Waals surface area contributed by atoms with Gasteiger partial charge in [0.1, 0.15) is 5.54 Å². The summed E-state index contributed by atoms with van der Waals surface area (Å²) in [4.78, 5) is 25.1. The summed E-state index contributed by atoms with van der Waals surface area (Å²) < 4.78 is 10.6. The standard InChI is InChI=1S/C11H15NO4/c1-10-11(12(2)9(14)16-10)6-4-3-5-7(11)8(13)15-10/h7H,3-6H2,1-2H3/t7-,10+,11+/m1/s1. The first kappa shape index (κ1) is 9.93. The van der Waals surface area contributed by atoms with E-state index < -0.39 is 11.3 Å². The lowest BCUT2D eigenvalue weighted by atomic mass is 9.70. The second kappa shape index (κ2) is 2.70. The molecule has 0 aromatic rings. The zero-order chi connectivity index (χ0) is 11.6. The summed E-state index contributed by atoms with van der Waals surface area (Å²) in [5.74, 6) is -1.52. The van der Waals surface area contributed by atoms with E-state index in [1.165, 1.54) is 0 Å². The van der Waals surface area contributed by atoms with Crippen LogP contribution in [0.2, 0.25) is 0 Å². The molecule has 3 atom stereocenters. The molecule has 2 saturated heterocycles. The minimum atomic E-state index is -1.08. The molecule has 0 bridgehead atoms. The predicted octanol–water partition coefficient (Wildman–Crippen LogP) is 1.27. The average Bonchev–Trinajstić information content (AvgIpc) is 2.56. The molecule has 5 heteroatoms. The molecule has 3 aliphatic rings. The lowest BCUT2D eigenvalue weighted by Gasteiger charge is -2.41. The Morgan fingerprint density at radius 2 is 2.06 bits per heavy atom. The van der Waals surface area contributed by atoms with Gasteiger partial charge < -0.3 is 9.47 Å². The van der Waals surface area contributed by atoms with E-state index in [2.05, 4.69) is 0 Å². The van der Waals surface area contributed by atoms with Crippen molar-refractivity contribution in [2.75, 3.05) is 7.05 Å². The first-order chi connectivity index (χ1) is 7.51. The van der Waals surface area contributed by atoms with Gasteiger partial charge in [-0.05, 0) is 12.8 Å². The SMILES string of the molecule is CN1C(=O)O[C@]2(C)OC(=O)[C@H]3CCCC[C@@]312. The van der Waals surface area contributed by atoms with E-state index in [0.717, 1.165) is 25.7 Å². The molecular weight excluding hydrogens is 210 g/mol. The maximum atomic E-state index is 11.8. The van der Waals surface area contributed by atoms with Gasteiger partial charge in [0.05, 0.1) is 5.92 Å². The molecule has 0 aromatic carbocycles. The molecule has 3 fully saturated rings. The topological polar surface area (TPSA) is 55.8 Å². The lowest BCUT2D eigenvalue weighted by molar-refractivity contribution is -0.185. The maximum absolute atomic E-state index is 11.8. The first-order valence-electron chi connectivity index (χ1n) is 5.71. The van der Waals surface area contributed by atoms with Crippen LogP contribution in [0, 0.1) is 5.92 Å². The number of rotatable bonds is 0. The van der Waals surface area contributed by atoms with E-state index in [9.17, 15) is 9.59 Å². The van der Waals surface area contributed by atoms with Crippen molar-refractivity contribution in [3.05, 3.63) is 0 Å². The Bertz CT molecular complexity index is 382. The third-order valence-electron chi connectivity index (χ3n) is 4.40. The number of carbonyl (C=O) groups excluding carboxylic acids is 2. The Hall–Kier alpha value is -1.26. The zero-order valence-corrected chi connectivity index (χ0v) is 9.49. The summed E-state index contributed by atoms with van der Waals surface area (Å²) >= 11 is 0. The van der Waals surface area contributed by atoms with Gasteiger partial charge in [-0.3, -0.25) is 9.69 Å². The fourth-order valence-electron chi connectivity index (χ4n) is 3.58. The number of nitrogens with zero attached hydrogens (tertiary/aromatic N) is 1. The second-order valence-electron chi connectivity index (χ2n) is 5.02. The van der Waals surface area contributed by atoms with E-state index in [1.807, 2.05) is 0 Å². The summed E-state index contributed by atoms with van der Waals surface area (Å²) in [6.07, 6.45) is 3.20. The predicted molar refractivity (Wildman–Crippen MR) is 53.4 cm³/mol. The van der Waals surface area contributed by atoms with E-state index in [-0.39, 0.29) is 18.0 Å². The Morgan fingerprint density at radius 3 is 2.81 bits per heavy atom. The van der Waals surface area contributed by atoms with Crippen molar-refractivity contribution >= 4 is 12.1 Å². The van der Waals surface area contributed by atoms with Crippen LogP contribution in [0.15, 0.2) is 0 Å². The van der Waals surface area contributed by atoms with Crippen LogP contribution >= 0.6 is 0 Å². The molecule has 0 aromatic heterocycles. The molecule has 1 aliphatic carbocycles. The van der Waals surface area contributed by atoms with Gasteiger partial charge in [-0.25, -0.2) is 4.79 Å². The molecule has 2 heterocycles. The number of ether oxygens (including phenoxy) is 2. The molecule has 88 valence electrons. The number of esters is 1. The molecule has 5 nitrogen and oxygen atoms in total. The number of amides is 1. The van der Waals surface area contributed by atoms with Crippen LogP contribution in [0.1, 0.15) is 32.6 Å². The third kappa shape index (κ3) is 0.839. The van der Waals surface area contributed by atoms with Crippen LogP contribution in [-0.4, -0.2) is 35.3 Å².